The van der Waals surface area contributed by atoms with Crippen molar-refractivity contribution in [3.05, 3.63) is 45.8 Å². The number of H-pyrrole nitrogens is 1. The Morgan fingerprint density at radius 3 is 2.72 bits per heavy atom. The molecule has 0 saturated carbocycles. The van der Waals surface area contributed by atoms with E-state index in [2.05, 4.69) is 60.1 Å². The van der Waals surface area contributed by atoms with Gasteiger partial charge in [-0.3, -0.25) is 5.10 Å². The SMILES string of the molecule is CCCCO[C@@H](c1ccc(Cl)cc1)C1CCN(c2ncnc3n[nH]c(Br)c23)CC1. The van der Waals surface area contributed by atoms with Crippen LogP contribution in [0.3, 0.4) is 0 Å². The van der Waals surface area contributed by atoms with E-state index in [1.807, 2.05) is 12.1 Å². The predicted molar refractivity (Wildman–Crippen MR) is 119 cm³/mol. The summed E-state index contributed by atoms with van der Waals surface area (Å²) >= 11 is 9.63. The number of nitrogens with one attached hydrogen (secondary N) is 1. The summed E-state index contributed by atoms with van der Waals surface area (Å²) in [5, 5.41) is 8.87. The van der Waals surface area contributed by atoms with Crippen molar-refractivity contribution in [2.24, 2.45) is 5.92 Å². The van der Waals surface area contributed by atoms with Gasteiger partial charge < -0.3 is 9.64 Å². The largest absolute Gasteiger partial charge is 0.373 e. The number of ether oxygens (including phenoxy) is 1. The summed E-state index contributed by atoms with van der Waals surface area (Å²) in [5.41, 5.74) is 1.90. The van der Waals surface area contributed by atoms with Crippen molar-refractivity contribution in [1.29, 1.82) is 0 Å². The van der Waals surface area contributed by atoms with Crippen LogP contribution in [0.15, 0.2) is 35.2 Å². The van der Waals surface area contributed by atoms with Crippen LogP contribution < -0.4 is 4.90 Å². The van der Waals surface area contributed by atoms with Gasteiger partial charge in [0.25, 0.3) is 0 Å². The fraction of sp³-hybridized carbons (Fsp3) is 0.476. The van der Waals surface area contributed by atoms with Crippen LogP contribution in [0.4, 0.5) is 5.82 Å². The lowest BCUT2D eigenvalue weighted by atomic mass is 9.87. The average molecular weight is 479 g/mol. The van der Waals surface area contributed by atoms with Gasteiger partial charge in [-0.1, -0.05) is 37.1 Å². The van der Waals surface area contributed by atoms with Gasteiger partial charge in [0.2, 0.25) is 0 Å². The van der Waals surface area contributed by atoms with Crippen LogP contribution >= 0.6 is 27.5 Å². The molecule has 0 spiro atoms. The summed E-state index contributed by atoms with van der Waals surface area (Å²) < 4.78 is 7.18. The van der Waals surface area contributed by atoms with Crippen LogP contribution in [0.1, 0.15) is 44.3 Å². The predicted octanol–water partition coefficient (Wildman–Crippen LogP) is 5.54. The van der Waals surface area contributed by atoms with Crippen LogP contribution in [0.25, 0.3) is 11.0 Å². The van der Waals surface area contributed by atoms with E-state index in [1.165, 1.54) is 5.56 Å². The van der Waals surface area contributed by atoms with E-state index in [0.717, 1.165) is 66.2 Å². The number of anilines is 1. The second-order valence-corrected chi connectivity index (χ2v) is 8.68. The number of hydrogen-bond donors (Lipinski definition) is 1. The Morgan fingerprint density at radius 1 is 1.24 bits per heavy atom. The highest BCUT2D eigenvalue weighted by atomic mass is 79.9. The number of benzene rings is 1. The number of rotatable bonds is 7. The minimum absolute atomic E-state index is 0.104. The van der Waals surface area contributed by atoms with E-state index in [1.54, 1.807) is 6.33 Å². The maximum atomic E-state index is 6.36. The van der Waals surface area contributed by atoms with Crippen molar-refractivity contribution in [2.45, 2.75) is 38.7 Å². The lowest BCUT2D eigenvalue weighted by Crippen LogP contribution is -2.37. The number of halogens is 2. The topological polar surface area (TPSA) is 66.9 Å². The molecule has 1 aliphatic rings. The van der Waals surface area contributed by atoms with Crippen LogP contribution in [0.2, 0.25) is 5.02 Å². The number of piperidine rings is 1. The lowest BCUT2D eigenvalue weighted by Gasteiger charge is -2.37. The molecule has 1 atom stereocenters. The molecule has 0 radical (unpaired) electrons. The third-order valence-corrected chi connectivity index (χ3v) is 6.37. The number of fused-ring (bicyclic) bond motifs is 1. The molecule has 0 unspecified atom stereocenters. The summed E-state index contributed by atoms with van der Waals surface area (Å²) in [6.07, 6.45) is 5.99. The molecule has 3 heterocycles. The van der Waals surface area contributed by atoms with Crippen molar-refractivity contribution in [2.75, 3.05) is 24.6 Å². The molecule has 1 aliphatic heterocycles. The molecule has 29 heavy (non-hydrogen) atoms. The molecule has 0 amide bonds. The monoisotopic (exact) mass is 477 g/mol. The summed E-state index contributed by atoms with van der Waals surface area (Å²) in [4.78, 5) is 11.1. The van der Waals surface area contributed by atoms with Gasteiger partial charge in [0.15, 0.2) is 5.65 Å². The second kappa shape index (κ2) is 9.41. The quantitative estimate of drug-likeness (QED) is 0.451. The Kier molecular flexibility index (Phi) is 6.67. The van der Waals surface area contributed by atoms with Gasteiger partial charge >= 0.3 is 0 Å². The molecule has 3 aromatic rings. The number of aromatic amines is 1. The highest BCUT2D eigenvalue weighted by molar-refractivity contribution is 9.10. The Hall–Kier alpha value is -1.70. The van der Waals surface area contributed by atoms with Crippen LogP contribution in [0.5, 0.6) is 0 Å². The molecule has 1 N–H and O–H groups in total. The van der Waals surface area contributed by atoms with Crippen LogP contribution in [0, 0.1) is 5.92 Å². The average Bonchev–Trinajstić information content (AvgIpc) is 3.14. The standard InChI is InChI=1S/C21H25BrClN5O/c1-2-3-12-29-18(14-4-6-16(23)7-5-14)15-8-10-28(11-9-15)21-17-19(22)26-27-20(17)24-13-25-21/h4-7,13,15,18H,2-3,8-12H2,1H3,(H,24,25,26,27)/t18-/m0/s1. The van der Waals surface area contributed by atoms with Gasteiger partial charge in [0, 0.05) is 24.7 Å². The minimum Gasteiger partial charge on any atom is -0.373 e. The summed E-state index contributed by atoms with van der Waals surface area (Å²) in [5.74, 6) is 1.40. The lowest BCUT2D eigenvalue weighted by molar-refractivity contribution is 0.00130. The van der Waals surface area contributed by atoms with Crippen molar-refractivity contribution >= 4 is 44.4 Å². The maximum Gasteiger partial charge on any atom is 0.187 e. The Balaban J connectivity index is 1.49. The van der Waals surface area contributed by atoms with Crippen LogP contribution in [-0.2, 0) is 4.74 Å². The highest BCUT2D eigenvalue weighted by Gasteiger charge is 2.30. The second-order valence-electron chi connectivity index (χ2n) is 7.45. The fourth-order valence-corrected chi connectivity index (χ4v) is 4.54. The number of nitrogens with zero attached hydrogens (tertiary/aromatic N) is 4. The van der Waals surface area contributed by atoms with Gasteiger partial charge in [0.05, 0.1) is 11.5 Å². The number of aromatic nitrogens is 4. The van der Waals surface area contributed by atoms with Crippen molar-refractivity contribution in [3.8, 4) is 0 Å². The highest BCUT2D eigenvalue weighted by Crippen LogP contribution is 2.37. The Morgan fingerprint density at radius 2 is 2.00 bits per heavy atom. The first kappa shape index (κ1) is 20.6. The zero-order valence-corrected chi connectivity index (χ0v) is 18.8. The first-order valence-corrected chi connectivity index (χ1v) is 11.3. The third kappa shape index (κ3) is 4.57. The molecular formula is C21H25BrClN5O. The van der Waals surface area contributed by atoms with Gasteiger partial charge in [-0.2, -0.15) is 5.10 Å². The molecule has 0 bridgehead atoms. The van der Waals surface area contributed by atoms with E-state index in [9.17, 15) is 0 Å². The summed E-state index contributed by atoms with van der Waals surface area (Å²) in [7, 11) is 0. The third-order valence-electron chi connectivity index (χ3n) is 5.55. The minimum atomic E-state index is 0.104. The summed E-state index contributed by atoms with van der Waals surface area (Å²) in [6.45, 7) is 4.83. The summed E-state index contributed by atoms with van der Waals surface area (Å²) in [6, 6.07) is 8.11. The number of unbranched alkanes of at least 4 members (excludes halogenated alkanes) is 1. The Labute approximate surface area is 184 Å². The zero-order chi connectivity index (χ0) is 20.2. The van der Waals surface area contributed by atoms with Crippen molar-refractivity contribution < 1.29 is 4.74 Å². The molecule has 2 aromatic heterocycles. The first-order chi connectivity index (χ1) is 14.2. The molecule has 154 valence electrons. The fourth-order valence-electron chi connectivity index (χ4n) is 3.97. The molecule has 8 heteroatoms. The van der Waals surface area contributed by atoms with E-state index in [4.69, 9.17) is 16.3 Å². The van der Waals surface area contributed by atoms with Crippen molar-refractivity contribution in [1.82, 2.24) is 20.2 Å². The number of hydrogen-bond acceptors (Lipinski definition) is 5. The molecule has 1 fully saturated rings. The van der Waals surface area contributed by atoms with Gasteiger partial charge in [-0.15, -0.1) is 0 Å². The molecule has 4 rings (SSSR count). The molecule has 1 saturated heterocycles. The van der Waals surface area contributed by atoms with Crippen LogP contribution in [-0.4, -0.2) is 39.9 Å². The Bertz CT molecular complexity index is 940. The van der Waals surface area contributed by atoms with Gasteiger partial charge in [-0.05, 0) is 58.8 Å². The molecule has 6 nitrogen and oxygen atoms in total. The van der Waals surface area contributed by atoms with Gasteiger partial charge in [-0.25, -0.2) is 9.97 Å². The van der Waals surface area contributed by atoms with E-state index in [-0.39, 0.29) is 6.10 Å². The normalized spacial score (nSPS) is 16.4. The zero-order valence-electron chi connectivity index (χ0n) is 16.4. The smallest absolute Gasteiger partial charge is 0.187 e. The van der Waals surface area contributed by atoms with E-state index < -0.39 is 0 Å². The van der Waals surface area contributed by atoms with Crippen molar-refractivity contribution in [3.63, 3.8) is 0 Å². The van der Waals surface area contributed by atoms with Gasteiger partial charge in [0.1, 0.15) is 16.7 Å². The van der Waals surface area contributed by atoms with E-state index in [0.29, 0.717) is 11.6 Å². The molecular weight excluding hydrogens is 454 g/mol. The molecule has 0 aliphatic carbocycles. The van der Waals surface area contributed by atoms with E-state index >= 15 is 0 Å². The molecule has 1 aromatic carbocycles. The maximum absolute atomic E-state index is 6.36. The first-order valence-electron chi connectivity index (χ1n) is 10.1.